The fourth-order valence-corrected chi connectivity index (χ4v) is 17.5. The van der Waals surface area contributed by atoms with Crippen LogP contribution in [0.15, 0.2) is 0 Å². The molecule has 16 fully saturated rings. The molecule has 14 bridgehead atoms. The van der Waals surface area contributed by atoms with Crippen LogP contribution in [0.5, 0.6) is 0 Å². The molecule has 12 heterocycles. The van der Waals surface area contributed by atoms with Crippen LogP contribution >= 0.6 is 0 Å². The van der Waals surface area contributed by atoms with Crippen LogP contribution < -0.4 is 10.6 Å². The second kappa shape index (κ2) is 27.1. The summed E-state index contributed by atoms with van der Waals surface area (Å²) in [6.07, 6.45) is 36.8. The van der Waals surface area contributed by atoms with Crippen molar-refractivity contribution >= 4 is 0 Å². The van der Waals surface area contributed by atoms with Crippen molar-refractivity contribution in [3.05, 3.63) is 0 Å². The second-order valence-corrected chi connectivity index (χ2v) is 26.7. The molecule has 10 heteroatoms. The average Bonchev–Trinajstić information content (AvgIpc) is 4.16. The quantitative estimate of drug-likeness (QED) is 0.247. The highest BCUT2D eigenvalue weighted by Crippen LogP contribution is 2.39. The Balaban J connectivity index is 0.000000117. The van der Waals surface area contributed by atoms with Crippen molar-refractivity contribution in [2.24, 2.45) is 29.6 Å². The van der Waals surface area contributed by atoms with E-state index >= 15 is 0 Å². The van der Waals surface area contributed by atoms with Gasteiger partial charge in [-0.15, -0.1) is 0 Å². The lowest BCUT2D eigenvalue weighted by Crippen LogP contribution is -2.49. The summed E-state index contributed by atoms with van der Waals surface area (Å²) in [4.78, 5) is 20.1. The minimum atomic E-state index is 0. The van der Waals surface area contributed by atoms with Gasteiger partial charge >= 0.3 is 0 Å². The molecule has 16 aliphatic rings. The number of rotatable bonds is 0. The van der Waals surface area contributed by atoms with E-state index < -0.39 is 0 Å². The SMILES string of the molecule is C.C.CN1C2CCC1CC2.CN1C2CCC1CNC2.CN1C2CCCC1CC2.CN1CC2CCC(C1)N2.CN1CC2CCC1C2.CN1CC2CCCC2C1.CN1C[C@@H]2CC[C@H]1C2.CN1C[C@H]2CC[C@@H]1C2. The molecular weight excluding hydrogens is 861 g/mol. The van der Waals surface area contributed by atoms with Crippen molar-refractivity contribution in [2.45, 2.75) is 242 Å². The molecule has 70 heavy (non-hydrogen) atoms. The summed E-state index contributed by atoms with van der Waals surface area (Å²) in [5.41, 5.74) is 0. The van der Waals surface area contributed by atoms with Gasteiger partial charge in [-0.25, -0.2) is 0 Å². The topological polar surface area (TPSA) is 50.0 Å². The van der Waals surface area contributed by atoms with Gasteiger partial charge < -0.3 is 44.9 Å². The average molecular weight is 980 g/mol. The van der Waals surface area contributed by atoms with Gasteiger partial charge in [-0.1, -0.05) is 27.7 Å². The normalized spacial score (nSPS) is 43.5. The van der Waals surface area contributed by atoms with Gasteiger partial charge in [0.15, 0.2) is 0 Å². The Morgan fingerprint density at radius 3 is 0.900 bits per heavy atom. The maximum Gasteiger partial charge on any atom is 0.0221 e. The van der Waals surface area contributed by atoms with Crippen molar-refractivity contribution in [1.82, 2.24) is 49.8 Å². The van der Waals surface area contributed by atoms with Crippen molar-refractivity contribution in [3.8, 4) is 0 Å². The number of hydrogen-bond donors (Lipinski definition) is 2. The summed E-state index contributed by atoms with van der Waals surface area (Å²) in [5.74, 6) is 5.38. The summed E-state index contributed by atoms with van der Waals surface area (Å²) in [5, 5.41) is 7.01. The Kier molecular flexibility index (Phi) is 22.2. The van der Waals surface area contributed by atoms with Crippen LogP contribution in [0, 0.1) is 29.6 Å². The molecule has 4 aliphatic carbocycles. The molecule has 0 amide bonds. The number of likely N-dealkylation sites (N-methyl/N-ethyl adjacent to an activating group) is 2. The minimum absolute atomic E-state index is 0. The number of piperazine rings is 2. The summed E-state index contributed by atoms with van der Waals surface area (Å²) < 4.78 is 0. The molecule has 12 saturated heterocycles. The van der Waals surface area contributed by atoms with Gasteiger partial charge in [0.2, 0.25) is 0 Å². The lowest BCUT2D eigenvalue weighted by molar-refractivity contribution is 0.179. The zero-order valence-electron chi connectivity index (χ0n) is 45.9. The molecule has 10 unspecified atom stereocenters. The standard InChI is InChI=1S/2C8H15N.2C7H14N2.4C7H13N.2CH4/c1-9-5-7-3-2-4-8(7)6-9;1-9-7-3-2-4-8(9)6-5-7;1-9-4-6-2-3-7(5-9)8-6;1-9-6-2-3-7(9)5-8-4-6;3*1-8-5-6-2-3-7(8)4-6;1-8-6-2-3-7(8)5-4-6;;/h2*7-8H,2-6H2,1H3;2*6-8H,2-5H2,1H3;4*6-7H,2-5H2,1H3;2*1H4/t;;;;2*6-,7+;;;;/m....10..../s1. The van der Waals surface area contributed by atoms with E-state index in [2.05, 4.69) is 106 Å². The van der Waals surface area contributed by atoms with Gasteiger partial charge in [0.05, 0.1) is 0 Å². The number of piperidine rings is 4. The molecule has 10 nitrogen and oxygen atoms in total. The number of likely N-dealkylation sites (tertiary alicyclic amines) is 5. The molecule has 0 aromatic heterocycles. The van der Waals surface area contributed by atoms with Crippen molar-refractivity contribution in [2.75, 3.05) is 115 Å². The summed E-state index contributed by atoms with van der Waals surface area (Å²) in [6, 6.07) is 10.1. The summed E-state index contributed by atoms with van der Waals surface area (Å²) in [7, 11) is 18.0. The van der Waals surface area contributed by atoms with Gasteiger partial charge in [-0.05, 0) is 234 Å². The predicted octanol–water partition coefficient (Wildman–Crippen LogP) is 8.90. The van der Waals surface area contributed by atoms with Crippen molar-refractivity contribution < 1.29 is 0 Å². The monoisotopic (exact) mass is 979 g/mol. The van der Waals surface area contributed by atoms with E-state index in [0.29, 0.717) is 0 Å². The van der Waals surface area contributed by atoms with Gasteiger partial charge in [-0.2, -0.15) is 0 Å². The molecule has 2 N–H and O–H groups in total. The Hall–Kier alpha value is -0.400. The molecule has 408 valence electrons. The van der Waals surface area contributed by atoms with E-state index in [1.807, 2.05) is 0 Å². The van der Waals surface area contributed by atoms with Gasteiger partial charge in [0, 0.05) is 125 Å². The lowest BCUT2D eigenvalue weighted by Gasteiger charge is -2.31. The smallest absolute Gasteiger partial charge is 0.0221 e. The highest BCUT2D eigenvalue weighted by atomic mass is 15.3. The van der Waals surface area contributed by atoms with Gasteiger partial charge in [0.1, 0.15) is 0 Å². The molecule has 16 rings (SSSR count). The van der Waals surface area contributed by atoms with Crippen LogP contribution in [0.4, 0.5) is 0 Å². The highest BCUT2D eigenvalue weighted by Gasteiger charge is 2.39. The molecule has 14 atom stereocenters. The Bertz CT molecular complexity index is 1330. The van der Waals surface area contributed by atoms with Crippen LogP contribution in [0.1, 0.15) is 175 Å². The van der Waals surface area contributed by atoms with E-state index in [1.165, 1.54) is 219 Å². The first-order valence-corrected chi connectivity index (χ1v) is 30.0. The molecule has 0 spiro atoms. The molecule has 0 radical (unpaired) electrons. The predicted molar refractivity (Wildman–Crippen MR) is 300 cm³/mol. The maximum atomic E-state index is 3.58. The van der Waals surface area contributed by atoms with E-state index in [-0.39, 0.29) is 14.9 Å². The molecule has 0 aromatic carbocycles. The highest BCUT2D eigenvalue weighted by molar-refractivity contribution is 4.96. The first-order valence-electron chi connectivity index (χ1n) is 30.0. The second-order valence-electron chi connectivity index (χ2n) is 26.7. The Labute approximate surface area is 434 Å². The van der Waals surface area contributed by atoms with Crippen molar-refractivity contribution in [1.29, 1.82) is 0 Å². The maximum absolute atomic E-state index is 3.58. The summed E-state index contributed by atoms with van der Waals surface area (Å²) >= 11 is 0. The minimum Gasteiger partial charge on any atom is -0.314 e. The number of hydrogen-bond acceptors (Lipinski definition) is 10. The Morgan fingerprint density at radius 2 is 0.614 bits per heavy atom. The van der Waals surface area contributed by atoms with E-state index in [1.54, 1.807) is 0 Å². The molecular formula is C60H118N10. The van der Waals surface area contributed by atoms with E-state index in [4.69, 9.17) is 0 Å². The third-order valence-electron chi connectivity index (χ3n) is 22.0. The summed E-state index contributed by atoms with van der Waals surface area (Å²) in [6.45, 7) is 11.8. The molecule has 4 saturated carbocycles. The Morgan fingerprint density at radius 1 is 0.300 bits per heavy atom. The number of nitrogens with zero attached hydrogens (tertiary/aromatic N) is 8. The lowest BCUT2D eigenvalue weighted by atomic mass is 10.0. The fourth-order valence-electron chi connectivity index (χ4n) is 17.5. The first kappa shape index (κ1) is 57.3. The number of nitrogens with one attached hydrogen (secondary N) is 2. The third kappa shape index (κ3) is 15.0. The van der Waals surface area contributed by atoms with Crippen molar-refractivity contribution in [3.63, 3.8) is 0 Å². The number of fused-ring (bicyclic) bond motifs is 15. The molecule has 0 aromatic rings. The van der Waals surface area contributed by atoms with Crippen LogP contribution in [0.2, 0.25) is 0 Å². The van der Waals surface area contributed by atoms with Crippen LogP contribution in [0.25, 0.3) is 0 Å². The van der Waals surface area contributed by atoms with E-state index in [9.17, 15) is 0 Å². The third-order valence-corrected chi connectivity index (χ3v) is 22.0. The van der Waals surface area contributed by atoms with Crippen LogP contribution in [-0.2, 0) is 0 Å². The fraction of sp³-hybridized carbons (Fsp3) is 1.00. The zero-order valence-corrected chi connectivity index (χ0v) is 45.9. The largest absolute Gasteiger partial charge is 0.314 e. The van der Waals surface area contributed by atoms with E-state index in [0.717, 1.165) is 96.0 Å². The first-order chi connectivity index (χ1) is 32.9. The van der Waals surface area contributed by atoms with Crippen LogP contribution in [0.3, 0.4) is 0 Å². The molecule has 12 aliphatic heterocycles. The van der Waals surface area contributed by atoms with Crippen LogP contribution in [-0.4, -0.2) is 221 Å². The zero-order chi connectivity index (χ0) is 47.3. The van der Waals surface area contributed by atoms with Gasteiger partial charge in [0.25, 0.3) is 0 Å². The van der Waals surface area contributed by atoms with Gasteiger partial charge in [-0.3, -0.25) is 4.90 Å².